The van der Waals surface area contributed by atoms with Crippen LogP contribution in [0.2, 0.25) is 0 Å². The third kappa shape index (κ3) is 4.32. The van der Waals surface area contributed by atoms with Crippen LogP contribution >= 0.6 is 35.5 Å². The van der Waals surface area contributed by atoms with Gasteiger partial charge in [-0.25, -0.2) is 9.78 Å². The molecule has 0 aliphatic carbocycles. The summed E-state index contributed by atoms with van der Waals surface area (Å²) in [7, 11) is 2.73. The van der Waals surface area contributed by atoms with Crippen molar-refractivity contribution in [3.05, 3.63) is 22.3 Å². The Morgan fingerprint density at radius 2 is 2.21 bits per heavy atom. The number of nitrogen functional groups attached to an aromatic ring is 1. The van der Waals surface area contributed by atoms with Crippen LogP contribution in [-0.2, 0) is 24.0 Å². The van der Waals surface area contributed by atoms with Crippen LogP contribution < -0.4 is 11.1 Å². The summed E-state index contributed by atoms with van der Waals surface area (Å²) in [4.78, 5) is 46.7. The molecule has 2 amide bonds. The summed E-state index contributed by atoms with van der Waals surface area (Å²) >= 11 is 2.47. The number of carboxylic acid groups (broad SMARTS) is 1. The quantitative estimate of drug-likeness (QED) is 0.285. The number of ether oxygens (including phenoxy) is 1. The number of nitrogens with one attached hydrogen (secondary N) is 1. The van der Waals surface area contributed by atoms with Gasteiger partial charge in [0, 0.05) is 18.2 Å². The Kier molecular flexibility index (Phi) is 7.46. The number of aliphatic carboxylic acids is 1. The zero-order valence-corrected chi connectivity index (χ0v) is 17.7. The van der Waals surface area contributed by atoms with Gasteiger partial charge in [0.05, 0.1) is 6.61 Å². The van der Waals surface area contributed by atoms with Crippen LogP contribution in [0.3, 0.4) is 0 Å². The highest BCUT2D eigenvalue weighted by molar-refractivity contribution is 8.00. The van der Waals surface area contributed by atoms with E-state index in [1.807, 2.05) is 0 Å². The number of halogens is 1. The van der Waals surface area contributed by atoms with E-state index in [4.69, 9.17) is 15.3 Å². The number of hydrogen-bond acceptors (Lipinski definition) is 10. The summed E-state index contributed by atoms with van der Waals surface area (Å²) in [6.07, 6.45) is 0. The van der Waals surface area contributed by atoms with Crippen molar-refractivity contribution in [2.45, 2.75) is 11.4 Å². The molecule has 3 rings (SSSR count). The van der Waals surface area contributed by atoms with Gasteiger partial charge < -0.3 is 25.7 Å². The molecule has 0 saturated carbocycles. The van der Waals surface area contributed by atoms with E-state index in [1.54, 1.807) is 5.38 Å². The largest absolute Gasteiger partial charge is 0.477 e. The van der Waals surface area contributed by atoms with Crippen LogP contribution in [0.4, 0.5) is 5.13 Å². The number of carbonyl (C=O) groups is 3. The van der Waals surface area contributed by atoms with Gasteiger partial charge in [-0.1, -0.05) is 5.16 Å². The number of methoxy groups -OCH3 is 1. The molecule has 4 N–H and O–H groups in total. The van der Waals surface area contributed by atoms with Crippen LogP contribution in [0.25, 0.3) is 0 Å². The minimum absolute atomic E-state index is 0. The van der Waals surface area contributed by atoms with Gasteiger partial charge in [-0.3, -0.25) is 14.5 Å². The van der Waals surface area contributed by atoms with E-state index in [2.05, 4.69) is 15.5 Å². The molecular weight excluding hydrogens is 446 g/mol. The zero-order chi connectivity index (χ0) is 20.4. The molecule has 0 aromatic carbocycles. The smallest absolute Gasteiger partial charge is 0.352 e. The molecule has 1 aromatic heterocycles. The van der Waals surface area contributed by atoms with Crippen LogP contribution in [-0.4, -0.2) is 76.5 Å². The summed E-state index contributed by atoms with van der Waals surface area (Å²) in [6, 6.07) is -0.894. The van der Waals surface area contributed by atoms with Gasteiger partial charge in [0.1, 0.15) is 29.9 Å². The number of β-lactam (4-membered cyclic amide) rings is 1. The molecule has 0 bridgehead atoms. The molecule has 3 heterocycles. The van der Waals surface area contributed by atoms with Crippen LogP contribution in [0.15, 0.2) is 21.8 Å². The molecule has 1 fully saturated rings. The highest BCUT2D eigenvalue weighted by atomic mass is 35.5. The van der Waals surface area contributed by atoms with E-state index in [0.29, 0.717) is 11.3 Å². The predicted octanol–water partition coefficient (Wildman–Crippen LogP) is -0.117. The molecule has 158 valence electrons. The fraction of sp³-hybridized carbons (Fsp3) is 0.400. The van der Waals surface area contributed by atoms with E-state index < -0.39 is 29.2 Å². The van der Waals surface area contributed by atoms with Crippen LogP contribution in [0, 0.1) is 0 Å². The number of anilines is 1. The van der Waals surface area contributed by atoms with Crippen molar-refractivity contribution in [2.75, 3.05) is 32.3 Å². The number of thioether (sulfide) groups is 1. The summed E-state index contributed by atoms with van der Waals surface area (Å²) in [5.41, 5.74) is 6.09. The maximum Gasteiger partial charge on any atom is 0.352 e. The number of amides is 2. The lowest BCUT2D eigenvalue weighted by molar-refractivity contribution is -0.150. The lowest BCUT2D eigenvalue weighted by Gasteiger charge is -2.49. The Bertz CT molecular complexity index is 888. The van der Waals surface area contributed by atoms with E-state index in [-0.39, 0.29) is 41.2 Å². The van der Waals surface area contributed by atoms with Crippen LogP contribution in [0.5, 0.6) is 0 Å². The normalized spacial score (nSPS) is 21.1. The number of aromatic nitrogens is 1. The highest BCUT2D eigenvalue weighted by Crippen LogP contribution is 2.40. The third-order valence-corrected chi connectivity index (χ3v) is 6.03. The number of oxime groups is 1. The topological polar surface area (TPSA) is 156 Å². The molecule has 1 saturated heterocycles. The fourth-order valence-electron chi connectivity index (χ4n) is 2.87. The number of hydrogen-bond donors (Lipinski definition) is 3. The molecule has 14 heteroatoms. The minimum atomic E-state index is -1.21. The van der Waals surface area contributed by atoms with Gasteiger partial charge in [-0.05, 0) is 5.57 Å². The van der Waals surface area contributed by atoms with Gasteiger partial charge in [0.2, 0.25) is 0 Å². The second-order valence-corrected chi connectivity index (χ2v) is 7.74. The summed E-state index contributed by atoms with van der Waals surface area (Å²) in [5.74, 6) is -2.03. The van der Waals surface area contributed by atoms with Crippen molar-refractivity contribution in [3.8, 4) is 0 Å². The Hall–Kier alpha value is -2.35. The van der Waals surface area contributed by atoms with E-state index in [1.165, 1.54) is 30.9 Å². The Morgan fingerprint density at radius 3 is 2.76 bits per heavy atom. The number of thiazole rings is 1. The molecule has 1 unspecified atom stereocenters. The first-order valence-corrected chi connectivity index (χ1v) is 9.84. The molecule has 0 spiro atoms. The van der Waals surface area contributed by atoms with E-state index >= 15 is 0 Å². The number of nitrogens with two attached hydrogens (primary N) is 1. The Morgan fingerprint density at radius 1 is 1.48 bits per heavy atom. The van der Waals surface area contributed by atoms with Gasteiger partial charge in [0.15, 0.2) is 10.8 Å². The molecule has 11 nitrogen and oxygen atoms in total. The lowest BCUT2D eigenvalue weighted by atomic mass is 10.0. The molecule has 29 heavy (non-hydrogen) atoms. The highest BCUT2D eigenvalue weighted by Gasteiger charge is 2.54. The molecule has 2 atom stereocenters. The first-order chi connectivity index (χ1) is 13.4. The van der Waals surface area contributed by atoms with Crippen molar-refractivity contribution in [2.24, 2.45) is 5.16 Å². The minimum Gasteiger partial charge on any atom is -0.477 e. The maximum absolute atomic E-state index is 12.6. The standard InChI is InChI=1S/C15H17N5O6S2.ClH/c1-25-3-6-4-27-13-9(12(22)20(13)10(6)14(23)24)18-11(21)8(19-26-2)7-5-28-15(16)17-7;/h5,9,13H,3-4H2,1-2H3,(H2,16,17)(H,18,21)(H,23,24);1H/t9?,13-;/m0./s1. The molecule has 2 aliphatic rings. The SMILES string of the molecule is COCC1=C(C(=O)O)N2C(=O)C(NC(=O)C(=NOC)c3csc(N)n3)[C@@H]2SC1.Cl. The van der Waals surface area contributed by atoms with Gasteiger partial charge >= 0.3 is 5.97 Å². The summed E-state index contributed by atoms with van der Waals surface area (Å²) in [6.45, 7) is 0.109. The summed E-state index contributed by atoms with van der Waals surface area (Å²) in [5, 5.41) is 17.0. The van der Waals surface area contributed by atoms with E-state index in [0.717, 1.165) is 11.3 Å². The average Bonchev–Trinajstić information content (AvgIpc) is 3.09. The monoisotopic (exact) mass is 463 g/mol. The number of nitrogens with zero attached hydrogens (tertiary/aromatic N) is 3. The van der Waals surface area contributed by atoms with Gasteiger partial charge in [0.25, 0.3) is 11.8 Å². The predicted molar refractivity (Wildman–Crippen MR) is 109 cm³/mol. The lowest BCUT2D eigenvalue weighted by Crippen LogP contribution is -2.71. The van der Waals surface area contributed by atoms with Gasteiger partial charge in [-0.15, -0.1) is 35.5 Å². The average molecular weight is 464 g/mol. The number of fused-ring (bicyclic) bond motifs is 1. The van der Waals surface area contributed by atoms with Crippen molar-refractivity contribution < 1.29 is 29.1 Å². The molecular formula is C15H18ClN5O6S2. The maximum atomic E-state index is 12.6. The summed E-state index contributed by atoms with van der Waals surface area (Å²) < 4.78 is 5.02. The first kappa shape index (κ1) is 22.9. The van der Waals surface area contributed by atoms with Gasteiger partial charge in [-0.2, -0.15) is 0 Å². The zero-order valence-electron chi connectivity index (χ0n) is 15.3. The molecule has 2 aliphatic heterocycles. The van der Waals surface area contributed by atoms with E-state index in [9.17, 15) is 19.5 Å². The first-order valence-electron chi connectivity index (χ1n) is 7.91. The Labute approximate surface area is 179 Å². The van der Waals surface area contributed by atoms with Crippen molar-refractivity contribution in [1.29, 1.82) is 0 Å². The van der Waals surface area contributed by atoms with Crippen molar-refractivity contribution in [3.63, 3.8) is 0 Å². The fourth-order valence-corrected chi connectivity index (χ4v) is 4.75. The second kappa shape index (κ2) is 9.43. The number of carboxylic acids is 1. The van der Waals surface area contributed by atoms with Crippen molar-refractivity contribution in [1.82, 2.24) is 15.2 Å². The number of rotatable bonds is 7. The van der Waals surface area contributed by atoms with Crippen molar-refractivity contribution >= 4 is 64.1 Å². The van der Waals surface area contributed by atoms with Crippen LogP contribution in [0.1, 0.15) is 5.69 Å². The third-order valence-electron chi connectivity index (χ3n) is 4.02. The second-order valence-electron chi connectivity index (χ2n) is 5.74. The number of carbonyl (C=O) groups excluding carboxylic acids is 2. The molecule has 1 aromatic rings. The molecule has 0 radical (unpaired) electrons. The Balaban J connectivity index is 0.00000300.